The molecule has 1 aromatic heterocycles. The Hall–Kier alpha value is -2.47. The summed E-state index contributed by atoms with van der Waals surface area (Å²) in [5.74, 6) is -0.709. The molecule has 3 rings (SSSR count). The summed E-state index contributed by atoms with van der Waals surface area (Å²) in [6.07, 6.45) is 1.30. The Balaban J connectivity index is 1.63. The number of benzene rings is 1. The van der Waals surface area contributed by atoms with E-state index in [1.807, 2.05) is 30.3 Å². The highest BCUT2D eigenvalue weighted by molar-refractivity contribution is 5.76. The van der Waals surface area contributed by atoms with E-state index in [0.29, 0.717) is 5.75 Å². The fraction of sp³-hybridized carbons (Fsp3) is 0.294. The van der Waals surface area contributed by atoms with E-state index in [-0.39, 0.29) is 12.6 Å². The van der Waals surface area contributed by atoms with Crippen LogP contribution in [0, 0.1) is 5.95 Å². The SMILES string of the molecule is O=C(OCc1ccccc1)C(Oc1ccc(F)nc1)[C@@H]1CCN1. The van der Waals surface area contributed by atoms with E-state index in [0.717, 1.165) is 18.5 Å². The Bertz CT molecular complexity index is 645. The molecule has 6 heteroatoms. The van der Waals surface area contributed by atoms with Gasteiger partial charge in [0.25, 0.3) is 0 Å². The second kappa shape index (κ2) is 7.19. The first-order valence-corrected chi connectivity index (χ1v) is 7.44. The van der Waals surface area contributed by atoms with E-state index in [1.165, 1.54) is 18.3 Å². The number of hydrogen-bond donors (Lipinski definition) is 1. The molecule has 2 aromatic rings. The van der Waals surface area contributed by atoms with Crippen molar-refractivity contribution in [1.29, 1.82) is 0 Å². The van der Waals surface area contributed by atoms with Crippen molar-refractivity contribution < 1.29 is 18.7 Å². The fourth-order valence-corrected chi connectivity index (χ4v) is 2.25. The molecule has 2 atom stereocenters. The fourth-order valence-electron chi connectivity index (χ4n) is 2.25. The van der Waals surface area contributed by atoms with Gasteiger partial charge in [0.2, 0.25) is 12.1 Å². The van der Waals surface area contributed by atoms with E-state index < -0.39 is 18.0 Å². The molecule has 1 unspecified atom stereocenters. The van der Waals surface area contributed by atoms with Gasteiger partial charge >= 0.3 is 5.97 Å². The van der Waals surface area contributed by atoms with Gasteiger partial charge in [-0.2, -0.15) is 4.39 Å². The van der Waals surface area contributed by atoms with Crippen molar-refractivity contribution in [2.24, 2.45) is 0 Å². The smallest absolute Gasteiger partial charge is 0.349 e. The summed E-state index contributed by atoms with van der Waals surface area (Å²) in [5, 5.41) is 3.14. The average molecular weight is 316 g/mol. The number of esters is 1. The topological polar surface area (TPSA) is 60.5 Å². The minimum atomic E-state index is -0.778. The summed E-state index contributed by atoms with van der Waals surface area (Å²) < 4.78 is 23.9. The summed E-state index contributed by atoms with van der Waals surface area (Å²) >= 11 is 0. The Labute approximate surface area is 133 Å². The van der Waals surface area contributed by atoms with Crippen LogP contribution >= 0.6 is 0 Å². The third kappa shape index (κ3) is 4.04. The molecule has 23 heavy (non-hydrogen) atoms. The number of hydrogen-bond acceptors (Lipinski definition) is 5. The van der Waals surface area contributed by atoms with Crippen molar-refractivity contribution in [3.8, 4) is 5.75 Å². The van der Waals surface area contributed by atoms with Gasteiger partial charge in [-0.25, -0.2) is 9.78 Å². The minimum absolute atomic E-state index is 0.108. The molecule has 1 saturated heterocycles. The van der Waals surface area contributed by atoms with Gasteiger partial charge in [0.05, 0.1) is 12.2 Å². The lowest BCUT2D eigenvalue weighted by molar-refractivity contribution is -0.155. The van der Waals surface area contributed by atoms with Crippen LogP contribution in [0.1, 0.15) is 12.0 Å². The number of aromatic nitrogens is 1. The van der Waals surface area contributed by atoms with E-state index in [4.69, 9.17) is 9.47 Å². The molecule has 0 saturated carbocycles. The van der Waals surface area contributed by atoms with Crippen molar-refractivity contribution in [2.75, 3.05) is 6.54 Å². The van der Waals surface area contributed by atoms with Gasteiger partial charge in [-0.15, -0.1) is 0 Å². The summed E-state index contributed by atoms with van der Waals surface area (Å²) in [6.45, 7) is 1.02. The van der Waals surface area contributed by atoms with Gasteiger partial charge in [-0.1, -0.05) is 30.3 Å². The summed E-state index contributed by atoms with van der Waals surface area (Å²) in [4.78, 5) is 15.9. The number of pyridine rings is 1. The number of carbonyl (C=O) groups is 1. The van der Waals surface area contributed by atoms with E-state index in [1.54, 1.807) is 0 Å². The van der Waals surface area contributed by atoms with Gasteiger partial charge < -0.3 is 14.8 Å². The molecule has 1 aliphatic heterocycles. The van der Waals surface area contributed by atoms with Crippen LogP contribution in [0.5, 0.6) is 5.75 Å². The molecule has 120 valence electrons. The number of ether oxygens (including phenoxy) is 2. The number of halogens is 1. The third-order valence-corrected chi connectivity index (χ3v) is 3.65. The molecule has 1 N–H and O–H groups in total. The molecular weight excluding hydrogens is 299 g/mol. The van der Waals surface area contributed by atoms with Gasteiger partial charge in [0.1, 0.15) is 12.4 Å². The molecule has 0 spiro atoms. The summed E-state index contributed by atoms with van der Waals surface area (Å²) in [7, 11) is 0. The largest absolute Gasteiger partial charge is 0.475 e. The van der Waals surface area contributed by atoms with Gasteiger partial charge in [-0.05, 0) is 30.7 Å². The highest BCUT2D eigenvalue weighted by Gasteiger charge is 2.35. The van der Waals surface area contributed by atoms with E-state index in [2.05, 4.69) is 10.3 Å². The van der Waals surface area contributed by atoms with Crippen molar-refractivity contribution >= 4 is 5.97 Å². The Morgan fingerprint density at radius 3 is 2.70 bits per heavy atom. The molecule has 0 amide bonds. The number of rotatable bonds is 6. The van der Waals surface area contributed by atoms with E-state index >= 15 is 0 Å². The molecular formula is C17H17FN2O3. The number of nitrogens with one attached hydrogen (secondary N) is 1. The maximum absolute atomic E-state index is 12.9. The first kappa shape index (κ1) is 15.4. The highest BCUT2D eigenvalue weighted by Crippen LogP contribution is 2.18. The monoisotopic (exact) mass is 316 g/mol. The third-order valence-electron chi connectivity index (χ3n) is 3.65. The molecule has 2 heterocycles. The van der Waals surface area contributed by atoms with Crippen LogP contribution in [0.15, 0.2) is 48.7 Å². The molecule has 1 fully saturated rings. The number of carbonyl (C=O) groups excluding carboxylic acids is 1. The molecule has 0 radical (unpaired) electrons. The predicted molar refractivity (Wildman–Crippen MR) is 81.3 cm³/mol. The first-order valence-electron chi connectivity index (χ1n) is 7.44. The Morgan fingerprint density at radius 1 is 1.30 bits per heavy atom. The van der Waals surface area contributed by atoms with Crippen LogP contribution in [0.2, 0.25) is 0 Å². The van der Waals surface area contributed by atoms with Crippen LogP contribution in [-0.2, 0) is 16.1 Å². The van der Waals surface area contributed by atoms with Crippen molar-refractivity contribution in [2.45, 2.75) is 25.2 Å². The second-order valence-corrected chi connectivity index (χ2v) is 5.30. The molecule has 0 bridgehead atoms. The summed E-state index contributed by atoms with van der Waals surface area (Å²) in [6, 6.07) is 12.0. The first-order chi connectivity index (χ1) is 11.2. The predicted octanol–water partition coefficient (Wildman–Crippen LogP) is 2.07. The van der Waals surface area contributed by atoms with Gasteiger partial charge in [-0.3, -0.25) is 0 Å². The zero-order valence-corrected chi connectivity index (χ0v) is 12.4. The van der Waals surface area contributed by atoms with Crippen LogP contribution < -0.4 is 10.1 Å². The zero-order valence-electron chi connectivity index (χ0n) is 12.4. The standard InChI is InChI=1S/C17H17FN2O3/c18-15-7-6-13(10-20-15)23-16(14-8-9-19-14)17(21)22-11-12-4-2-1-3-5-12/h1-7,10,14,16,19H,8-9,11H2/t14-,16?/m0/s1. The molecule has 1 aromatic carbocycles. The molecule has 1 aliphatic rings. The lowest BCUT2D eigenvalue weighted by Crippen LogP contribution is -2.56. The van der Waals surface area contributed by atoms with Crippen molar-refractivity contribution in [3.63, 3.8) is 0 Å². The Kier molecular flexibility index (Phi) is 4.83. The van der Waals surface area contributed by atoms with Crippen molar-refractivity contribution in [1.82, 2.24) is 10.3 Å². The highest BCUT2D eigenvalue weighted by atomic mass is 19.1. The second-order valence-electron chi connectivity index (χ2n) is 5.30. The lowest BCUT2D eigenvalue weighted by atomic mass is 10.0. The van der Waals surface area contributed by atoms with Gasteiger partial charge in [0, 0.05) is 0 Å². The normalized spacial score (nSPS) is 17.9. The van der Waals surface area contributed by atoms with Gasteiger partial charge in [0.15, 0.2) is 0 Å². The zero-order chi connectivity index (χ0) is 16.1. The average Bonchev–Trinajstić information content (AvgIpc) is 2.53. The van der Waals surface area contributed by atoms with E-state index in [9.17, 15) is 9.18 Å². The molecule has 5 nitrogen and oxygen atoms in total. The lowest BCUT2D eigenvalue weighted by Gasteiger charge is -2.33. The maximum Gasteiger partial charge on any atom is 0.349 e. The van der Waals surface area contributed by atoms with Crippen LogP contribution in [-0.4, -0.2) is 29.6 Å². The molecule has 0 aliphatic carbocycles. The quantitative estimate of drug-likeness (QED) is 0.653. The summed E-state index contributed by atoms with van der Waals surface area (Å²) in [5.41, 5.74) is 0.907. The van der Waals surface area contributed by atoms with Crippen LogP contribution in [0.3, 0.4) is 0 Å². The minimum Gasteiger partial charge on any atom is -0.475 e. The maximum atomic E-state index is 12.9. The Morgan fingerprint density at radius 2 is 2.09 bits per heavy atom. The van der Waals surface area contributed by atoms with Crippen molar-refractivity contribution in [3.05, 3.63) is 60.2 Å². The number of nitrogens with zero attached hydrogens (tertiary/aromatic N) is 1. The van der Waals surface area contributed by atoms with Crippen LogP contribution in [0.4, 0.5) is 4.39 Å². The van der Waals surface area contributed by atoms with Crippen LogP contribution in [0.25, 0.3) is 0 Å².